The number of hydrogen-bond donors (Lipinski definition) is 0. The molecule has 0 spiro atoms. The molecule has 9 nitrogen and oxygen atoms in total. The van der Waals surface area contributed by atoms with Crippen molar-refractivity contribution in [2.24, 2.45) is 0 Å². The maximum absolute atomic E-state index is 13.9. The number of rotatable bonds is 15. The maximum atomic E-state index is 13.9. The van der Waals surface area contributed by atoms with Gasteiger partial charge in [-0.15, -0.1) is 0 Å². The molecule has 0 saturated heterocycles. The molecule has 0 aliphatic rings. The highest BCUT2D eigenvalue weighted by molar-refractivity contribution is 7.92. The minimum atomic E-state index is -3.82. The summed E-state index contributed by atoms with van der Waals surface area (Å²) in [5.74, 6) is 0.449. The van der Waals surface area contributed by atoms with Gasteiger partial charge in [0.15, 0.2) is 15.6 Å². The number of hydrogen-bond acceptors (Lipinski definition) is 8. The molecule has 0 saturated carbocycles. The Labute approximate surface area is 259 Å². The lowest BCUT2D eigenvalue weighted by Crippen LogP contribution is -2.29. The number of benzene rings is 2. The summed E-state index contributed by atoms with van der Waals surface area (Å²) >= 11 is 0. The summed E-state index contributed by atoms with van der Waals surface area (Å²) < 4.78 is 33.1. The molecule has 2 aromatic heterocycles. The van der Waals surface area contributed by atoms with Crippen molar-refractivity contribution in [3.05, 3.63) is 93.9 Å². The number of ether oxygens (including phenoxy) is 1. The third-order valence-corrected chi connectivity index (χ3v) is 9.25. The normalized spacial score (nSPS) is 11.5. The van der Waals surface area contributed by atoms with Crippen LogP contribution in [0.2, 0.25) is 0 Å². The van der Waals surface area contributed by atoms with Crippen molar-refractivity contribution in [3.8, 4) is 22.8 Å². The molecule has 4 rings (SSSR count). The lowest BCUT2D eigenvalue weighted by atomic mass is 9.98. The Morgan fingerprint density at radius 2 is 1.61 bits per heavy atom. The summed E-state index contributed by atoms with van der Waals surface area (Å²) in [6.07, 6.45) is 8.73. The van der Waals surface area contributed by atoms with E-state index in [0.29, 0.717) is 47.5 Å². The molecular weight excluding hydrogens is 576 g/mol. The van der Waals surface area contributed by atoms with Crippen molar-refractivity contribution in [3.63, 3.8) is 0 Å². The second-order valence-corrected chi connectivity index (χ2v) is 12.8. The van der Waals surface area contributed by atoms with Crippen molar-refractivity contribution in [2.45, 2.75) is 77.0 Å². The van der Waals surface area contributed by atoms with E-state index in [4.69, 9.17) is 9.72 Å². The molecule has 0 radical (unpaired) electrons. The van der Waals surface area contributed by atoms with Crippen molar-refractivity contribution in [1.82, 2.24) is 19.5 Å². The highest BCUT2D eigenvalue weighted by atomic mass is 32.2. The molecular formula is C34H40N4O5S. The minimum absolute atomic E-state index is 0.142. The molecule has 0 atom stereocenters. The fraction of sp³-hybridized carbons (Fsp3) is 0.382. The number of unbranched alkanes of at least 4 members (excludes halogenated alkanes) is 3. The number of carbonyl (C=O) groups is 1. The average Bonchev–Trinajstić information content (AvgIpc) is 3.02. The monoisotopic (exact) mass is 616 g/mol. The van der Waals surface area contributed by atoms with E-state index in [-0.39, 0.29) is 28.6 Å². The van der Waals surface area contributed by atoms with E-state index in [0.717, 1.165) is 36.9 Å². The fourth-order valence-electron chi connectivity index (χ4n) is 5.13. The lowest BCUT2D eigenvalue weighted by Gasteiger charge is -2.15. The molecule has 0 N–H and O–H groups in total. The van der Waals surface area contributed by atoms with Crippen LogP contribution < -0.4 is 10.3 Å². The van der Waals surface area contributed by atoms with Gasteiger partial charge in [-0.25, -0.2) is 27.9 Å². The Morgan fingerprint density at radius 3 is 2.27 bits per heavy atom. The predicted molar refractivity (Wildman–Crippen MR) is 171 cm³/mol. The maximum Gasteiger partial charge on any atom is 0.264 e. The fourth-order valence-corrected chi connectivity index (χ4v) is 6.66. The number of aromatic nitrogens is 4. The number of ketones is 1. The van der Waals surface area contributed by atoms with Crippen LogP contribution in [0.3, 0.4) is 0 Å². The van der Waals surface area contributed by atoms with Gasteiger partial charge in [-0.1, -0.05) is 75.6 Å². The Balaban J connectivity index is 1.65. The second-order valence-electron chi connectivity index (χ2n) is 10.9. The van der Waals surface area contributed by atoms with E-state index >= 15 is 0 Å². The molecule has 0 amide bonds. The first kappa shape index (κ1) is 32.7. The van der Waals surface area contributed by atoms with Gasteiger partial charge in [0.25, 0.3) is 5.56 Å². The first-order chi connectivity index (χ1) is 21.2. The summed E-state index contributed by atoms with van der Waals surface area (Å²) in [5.41, 5.74) is 3.23. The standard InChI is InChI=1S/C34H40N4O5S/c1-5-7-9-12-27(39)23-44(41,42)32-15-11-10-13-29(32)26-18-16-25(17-19-26)20-30-31(14-8-6-2)37-24(3)38(33(30)40)34-35-21-28(43-4)22-36-34/h10-11,13,15-19,21-22H,5-9,12,14,20,23H2,1-4H3. The Kier molecular flexibility index (Phi) is 11.2. The molecule has 2 aromatic carbocycles. The van der Waals surface area contributed by atoms with Crippen LogP contribution in [0.1, 0.15) is 75.0 Å². The van der Waals surface area contributed by atoms with E-state index in [1.165, 1.54) is 24.1 Å². The summed E-state index contributed by atoms with van der Waals surface area (Å²) in [7, 11) is -2.29. The van der Waals surface area contributed by atoms with Crippen molar-refractivity contribution in [1.29, 1.82) is 0 Å². The Morgan fingerprint density at radius 1 is 0.932 bits per heavy atom. The first-order valence-corrected chi connectivity index (χ1v) is 16.7. The van der Waals surface area contributed by atoms with Crippen molar-refractivity contribution >= 4 is 15.6 Å². The second kappa shape index (κ2) is 15.0. The van der Waals surface area contributed by atoms with Gasteiger partial charge in [-0.3, -0.25) is 9.59 Å². The highest BCUT2D eigenvalue weighted by Crippen LogP contribution is 2.29. The number of carbonyl (C=O) groups excluding carboxylic acids is 1. The molecule has 0 aliphatic carbocycles. The quantitative estimate of drug-likeness (QED) is 0.152. The van der Waals surface area contributed by atoms with E-state index in [9.17, 15) is 18.0 Å². The lowest BCUT2D eigenvalue weighted by molar-refractivity contribution is -0.116. The first-order valence-electron chi connectivity index (χ1n) is 15.1. The predicted octanol–water partition coefficient (Wildman–Crippen LogP) is 5.86. The van der Waals surface area contributed by atoms with E-state index in [2.05, 4.69) is 16.9 Å². The van der Waals surface area contributed by atoms with Gasteiger partial charge in [-0.05, 0) is 43.4 Å². The minimum Gasteiger partial charge on any atom is -0.494 e. The van der Waals surface area contributed by atoms with Gasteiger partial charge in [-0.2, -0.15) is 0 Å². The van der Waals surface area contributed by atoms with Crippen LogP contribution in [-0.2, 0) is 27.5 Å². The van der Waals surface area contributed by atoms with Crippen LogP contribution >= 0.6 is 0 Å². The molecule has 232 valence electrons. The molecule has 0 aliphatic heterocycles. The summed E-state index contributed by atoms with van der Waals surface area (Å²) in [6, 6.07) is 14.3. The third kappa shape index (κ3) is 7.85. The Hall–Kier alpha value is -4.18. The summed E-state index contributed by atoms with van der Waals surface area (Å²) in [4.78, 5) is 39.9. The number of methoxy groups -OCH3 is 1. The smallest absolute Gasteiger partial charge is 0.264 e. The molecule has 0 fully saturated rings. The van der Waals surface area contributed by atoms with Gasteiger partial charge in [0.2, 0.25) is 5.95 Å². The van der Waals surface area contributed by atoms with Crippen molar-refractivity contribution in [2.75, 3.05) is 12.9 Å². The number of Topliss-reactive ketones (excluding diaryl/α,β-unsaturated/α-hetero) is 1. The van der Waals surface area contributed by atoms with Crippen LogP contribution in [0.15, 0.2) is 70.6 Å². The van der Waals surface area contributed by atoms with Gasteiger partial charge >= 0.3 is 0 Å². The average molecular weight is 617 g/mol. The highest BCUT2D eigenvalue weighted by Gasteiger charge is 2.23. The molecule has 10 heteroatoms. The number of aryl methyl sites for hydroxylation is 2. The van der Waals surface area contributed by atoms with Gasteiger partial charge < -0.3 is 4.74 Å². The molecule has 0 unspecified atom stereocenters. The van der Waals surface area contributed by atoms with Crippen LogP contribution in [-0.4, -0.2) is 46.6 Å². The van der Waals surface area contributed by atoms with Gasteiger partial charge in [0.1, 0.15) is 17.4 Å². The number of sulfone groups is 1. The number of nitrogens with zero attached hydrogens (tertiary/aromatic N) is 4. The third-order valence-electron chi connectivity index (χ3n) is 7.53. The molecule has 2 heterocycles. The van der Waals surface area contributed by atoms with E-state index in [1.807, 2.05) is 31.2 Å². The van der Waals surface area contributed by atoms with E-state index in [1.54, 1.807) is 31.2 Å². The molecule has 0 bridgehead atoms. The van der Waals surface area contributed by atoms with Crippen LogP contribution in [0.25, 0.3) is 17.1 Å². The van der Waals surface area contributed by atoms with Crippen LogP contribution in [0.5, 0.6) is 5.75 Å². The van der Waals surface area contributed by atoms with E-state index < -0.39 is 15.6 Å². The summed E-state index contributed by atoms with van der Waals surface area (Å²) in [5, 5.41) is 0. The van der Waals surface area contributed by atoms with Crippen molar-refractivity contribution < 1.29 is 17.9 Å². The zero-order valence-electron chi connectivity index (χ0n) is 25.9. The topological polar surface area (TPSA) is 121 Å². The zero-order valence-corrected chi connectivity index (χ0v) is 26.7. The summed E-state index contributed by atoms with van der Waals surface area (Å²) in [6.45, 7) is 5.91. The van der Waals surface area contributed by atoms with Gasteiger partial charge in [0, 0.05) is 24.0 Å². The zero-order chi connectivity index (χ0) is 31.7. The van der Waals surface area contributed by atoms with Gasteiger partial charge in [0.05, 0.1) is 30.1 Å². The van der Waals surface area contributed by atoms with Crippen LogP contribution in [0.4, 0.5) is 0 Å². The molecule has 44 heavy (non-hydrogen) atoms. The van der Waals surface area contributed by atoms with Crippen LogP contribution in [0, 0.1) is 6.92 Å². The largest absolute Gasteiger partial charge is 0.494 e. The molecule has 4 aromatic rings. The SMILES string of the molecule is CCCCCC(=O)CS(=O)(=O)c1ccccc1-c1ccc(Cc2c(CCCC)nc(C)n(-c3ncc(OC)cn3)c2=O)cc1. The Bertz CT molecular complexity index is 1750.